The van der Waals surface area contributed by atoms with Crippen molar-refractivity contribution in [2.45, 2.75) is 51.2 Å². The van der Waals surface area contributed by atoms with Crippen LogP contribution in [0.2, 0.25) is 0 Å². The van der Waals surface area contributed by atoms with Crippen molar-refractivity contribution in [1.29, 1.82) is 0 Å². The summed E-state index contributed by atoms with van der Waals surface area (Å²) in [6.45, 7) is 5.06. The standard InChI is InChI=1S/C14H22N2O2S/c1-2-16(8-11-4-3-7-18-11)14-15-13(10-5-6-10)12(9-17)19-14/h10-11,17H,2-9H2,1H3. The lowest BCUT2D eigenvalue weighted by Crippen LogP contribution is -2.31. The van der Waals surface area contributed by atoms with Crippen molar-refractivity contribution in [3.05, 3.63) is 10.6 Å². The smallest absolute Gasteiger partial charge is 0.185 e. The van der Waals surface area contributed by atoms with Crippen molar-refractivity contribution < 1.29 is 9.84 Å². The maximum atomic E-state index is 9.47. The number of hydrogen-bond acceptors (Lipinski definition) is 5. The molecule has 1 saturated heterocycles. The van der Waals surface area contributed by atoms with Gasteiger partial charge in [0, 0.05) is 25.6 Å². The summed E-state index contributed by atoms with van der Waals surface area (Å²) in [6, 6.07) is 0. The van der Waals surface area contributed by atoms with Gasteiger partial charge in [-0.1, -0.05) is 11.3 Å². The normalized spacial score (nSPS) is 22.9. The average Bonchev–Trinajstić information content (AvgIpc) is 2.99. The zero-order valence-electron chi connectivity index (χ0n) is 11.5. The van der Waals surface area contributed by atoms with Crippen LogP contribution in [0.4, 0.5) is 5.13 Å². The molecule has 0 bridgehead atoms. The number of likely N-dealkylation sites (N-methyl/N-ethyl adjacent to an activating group) is 1. The Balaban J connectivity index is 1.74. The van der Waals surface area contributed by atoms with Crippen molar-refractivity contribution in [1.82, 2.24) is 4.98 Å². The van der Waals surface area contributed by atoms with Crippen LogP contribution in [0.25, 0.3) is 0 Å². The zero-order valence-corrected chi connectivity index (χ0v) is 12.3. The third-order valence-corrected chi connectivity index (χ3v) is 5.04. The fourth-order valence-electron chi connectivity index (χ4n) is 2.65. The van der Waals surface area contributed by atoms with Gasteiger partial charge in [-0.05, 0) is 32.6 Å². The van der Waals surface area contributed by atoms with Crippen molar-refractivity contribution in [2.24, 2.45) is 0 Å². The molecule has 2 heterocycles. The minimum absolute atomic E-state index is 0.126. The molecular weight excluding hydrogens is 260 g/mol. The van der Waals surface area contributed by atoms with Crippen LogP contribution >= 0.6 is 11.3 Å². The third kappa shape index (κ3) is 2.93. The zero-order chi connectivity index (χ0) is 13.2. The summed E-state index contributed by atoms with van der Waals surface area (Å²) in [6.07, 6.45) is 5.15. The first kappa shape index (κ1) is 13.3. The van der Waals surface area contributed by atoms with Crippen LogP contribution in [0.5, 0.6) is 0 Å². The van der Waals surface area contributed by atoms with Gasteiger partial charge in [-0.2, -0.15) is 0 Å². The van der Waals surface area contributed by atoms with Crippen molar-refractivity contribution in [2.75, 3.05) is 24.6 Å². The molecule has 4 nitrogen and oxygen atoms in total. The highest BCUT2D eigenvalue weighted by molar-refractivity contribution is 7.15. The molecule has 19 heavy (non-hydrogen) atoms. The van der Waals surface area contributed by atoms with E-state index in [-0.39, 0.29) is 6.61 Å². The molecule has 1 aromatic rings. The van der Waals surface area contributed by atoms with Gasteiger partial charge in [0.1, 0.15) is 0 Å². The first-order chi connectivity index (χ1) is 9.31. The van der Waals surface area contributed by atoms with Gasteiger partial charge in [-0.25, -0.2) is 4.98 Å². The highest BCUT2D eigenvalue weighted by Crippen LogP contribution is 2.44. The van der Waals surface area contributed by atoms with Crippen LogP contribution < -0.4 is 4.90 Å². The van der Waals surface area contributed by atoms with E-state index in [1.807, 2.05) is 0 Å². The Bertz CT molecular complexity index is 425. The molecule has 1 aromatic heterocycles. The predicted octanol–water partition coefficient (Wildman–Crippen LogP) is 2.52. The summed E-state index contributed by atoms with van der Waals surface area (Å²) in [5.74, 6) is 0.605. The van der Waals surface area contributed by atoms with Gasteiger partial charge in [-0.15, -0.1) is 0 Å². The second kappa shape index (κ2) is 5.77. The molecule has 106 valence electrons. The van der Waals surface area contributed by atoms with Crippen molar-refractivity contribution in [3.63, 3.8) is 0 Å². The van der Waals surface area contributed by atoms with Gasteiger partial charge in [0.15, 0.2) is 5.13 Å². The monoisotopic (exact) mass is 282 g/mol. The highest BCUT2D eigenvalue weighted by atomic mass is 32.1. The summed E-state index contributed by atoms with van der Waals surface area (Å²) in [5.41, 5.74) is 1.15. The van der Waals surface area contributed by atoms with Crippen LogP contribution in [0.1, 0.15) is 49.1 Å². The molecule has 3 rings (SSSR count). The summed E-state index contributed by atoms with van der Waals surface area (Å²) in [5, 5.41) is 10.5. The molecule has 1 atom stereocenters. The Morgan fingerprint density at radius 2 is 2.26 bits per heavy atom. The second-order valence-corrected chi connectivity index (χ2v) is 6.47. The SMILES string of the molecule is CCN(CC1CCCO1)c1nc(C2CC2)c(CO)s1. The predicted molar refractivity (Wildman–Crippen MR) is 76.9 cm³/mol. The van der Waals surface area contributed by atoms with E-state index in [1.165, 1.54) is 19.3 Å². The van der Waals surface area contributed by atoms with Gasteiger partial charge in [-0.3, -0.25) is 0 Å². The molecule has 1 aliphatic carbocycles. The van der Waals surface area contributed by atoms with E-state index in [0.29, 0.717) is 12.0 Å². The van der Waals surface area contributed by atoms with Gasteiger partial charge >= 0.3 is 0 Å². The first-order valence-electron chi connectivity index (χ1n) is 7.28. The van der Waals surface area contributed by atoms with Crippen LogP contribution in [0.3, 0.4) is 0 Å². The Morgan fingerprint density at radius 1 is 1.42 bits per heavy atom. The van der Waals surface area contributed by atoms with Crippen molar-refractivity contribution in [3.8, 4) is 0 Å². The van der Waals surface area contributed by atoms with Gasteiger partial charge in [0.25, 0.3) is 0 Å². The Morgan fingerprint density at radius 3 is 2.84 bits per heavy atom. The van der Waals surface area contributed by atoms with Crippen molar-refractivity contribution >= 4 is 16.5 Å². The topological polar surface area (TPSA) is 45.6 Å². The van der Waals surface area contributed by atoms with E-state index in [4.69, 9.17) is 9.72 Å². The van der Waals surface area contributed by atoms with Crippen LogP contribution in [-0.2, 0) is 11.3 Å². The van der Waals surface area contributed by atoms with Gasteiger partial charge in [0.05, 0.1) is 23.3 Å². The highest BCUT2D eigenvalue weighted by Gasteiger charge is 2.30. The average molecular weight is 282 g/mol. The van der Waals surface area contributed by atoms with E-state index >= 15 is 0 Å². The van der Waals surface area contributed by atoms with E-state index in [2.05, 4.69) is 11.8 Å². The number of thiazole rings is 1. The maximum Gasteiger partial charge on any atom is 0.185 e. The number of rotatable bonds is 6. The quantitative estimate of drug-likeness (QED) is 0.871. The molecule has 2 aliphatic rings. The second-order valence-electron chi connectivity index (χ2n) is 5.41. The summed E-state index contributed by atoms with van der Waals surface area (Å²) < 4.78 is 5.72. The van der Waals surface area contributed by atoms with Gasteiger partial charge in [0.2, 0.25) is 0 Å². The minimum atomic E-state index is 0.126. The molecule has 0 aromatic carbocycles. The third-order valence-electron chi connectivity index (χ3n) is 3.92. The number of ether oxygens (including phenoxy) is 1. The summed E-state index contributed by atoms with van der Waals surface area (Å²) in [7, 11) is 0. The van der Waals surface area contributed by atoms with Crippen LogP contribution in [0.15, 0.2) is 0 Å². The molecule has 2 fully saturated rings. The fraction of sp³-hybridized carbons (Fsp3) is 0.786. The van der Waals surface area contributed by atoms with Crippen LogP contribution in [0, 0.1) is 0 Å². The molecule has 5 heteroatoms. The lowest BCUT2D eigenvalue weighted by molar-refractivity contribution is 0.115. The van der Waals surface area contributed by atoms with E-state index in [0.717, 1.165) is 41.8 Å². The van der Waals surface area contributed by atoms with E-state index in [9.17, 15) is 5.11 Å². The Labute approximate surface area is 118 Å². The van der Waals surface area contributed by atoms with E-state index in [1.54, 1.807) is 11.3 Å². The lowest BCUT2D eigenvalue weighted by Gasteiger charge is -2.23. The molecule has 1 N–H and O–H groups in total. The number of anilines is 1. The number of nitrogens with zero attached hydrogens (tertiary/aromatic N) is 2. The molecule has 1 unspecified atom stereocenters. The first-order valence-corrected chi connectivity index (χ1v) is 8.10. The van der Waals surface area contributed by atoms with E-state index < -0.39 is 0 Å². The fourth-order valence-corrected chi connectivity index (χ4v) is 3.73. The molecular formula is C14H22N2O2S. The summed E-state index contributed by atoms with van der Waals surface area (Å²) in [4.78, 5) is 8.14. The molecule has 1 saturated carbocycles. The number of aliphatic hydroxyl groups is 1. The van der Waals surface area contributed by atoms with Gasteiger partial charge < -0.3 is 14.7 Å². The maximum absolute atomic E-state index is 9.47. The Hall–Kier alpha value is -0.650. The number of aliphatic hydroxyl groups excluding tert-OH is 1. The largest absolute Gasteiger partial charge is 0.391 e. The number of aromatic nitrogens is 1. The Kier molecular flexibility index (Phi) is 4.05. The number of hydrogen-bond donors (Lipinski definition) is 1. The molecule has 1 aliphatic heterocycles. The molecule has 0 radical (unpaired) electrons. The van der Waals surface area contributed by atoms with Crippen LogP contribution in [-0.4, -0.2) is 35.9 Å². The molecule has 0 amide bonds. The molecule has 0 spiro atoms. The lowest BCUT2D eigenvalue weighted by atomic mass is 10.2. The summed E-state index contributed by atoms with van der Waals surface area (Å²) >= 11 is 1.65. The minimum Gasteiger partial charge on any atom is -0.391 e.